The average Bonchev–Trinajstić information content (AvgIpc) is 3.69. The fourth-order valence-electron chi connectivity index (χ4n) is 7.70. The molecule has 7 heteroatoms. The van der Waals surface area contributed by atoms with Gasteiger partial charge >= 0.3 is 0 Å². The third kappa shape index (κ3) is 7.50. The molecule has 0 amide bonds. The molecule has 3 aromatic heterocycles. The van der Waals surface area contributed by atoms with Crippen LogP contribution in [0.2, 0.25) is 0 Å². The van der Waals surface area contributed by atoms with Gasteiger partial charge < -0.3 is 19.1 Å². The largest absolute Gasteiger partial charge is 0.509 e. The van der Waals surface area contributed by atoms with Gasteiger partial charge in [0.25, 0.3) is 0 Å². The summed E-state index contributed by atoms with van der Waals surface area (Å²) < 4.78 is 8.79. The van der Waals surface area contributed by atoms with E-state index in [0.29, 0.717) is 17.4 Å². The second-order valence-corrected chi connectivity index (χ2v) is 18.4. The van der Waals surface area contributed by atoms with Crippen LogP contribution in [0.25, 0.3) is 27.6 Å². The minimum atomic E-state index is -0.0987. The zero-order chi connectivity index (χ0) is 39.7. The molecule has 8 rings (SSSR count). The zero-order valence-corrected chi connectivity index (χ0v) is 37.2. The Morgan fingerprint density at radius 1 is 0.667 bits per heavy atom. The standard InChI is InChI=1S/C50H52N5O.Pt/c1-32(2)33-25-40(49(6,7)8)47(41(26-33)50(9,10)11)54-31-53(43-22-23-51-30-45(43)54)35-15-14-16-36(28-35)56-37-19-20-39-38-17-12-13-18-42(38)55(44(39)29-37)46-27-34(21-24-52-46)48(3,4)5;/h12-27,30-32H,1-11H3;/q-3;. The maximum Gasteiger partial charge on any atom is 0.135 e. The first kappa shape index (κ1) is 40.3. The Bertz CT molecular complexity index is 2570. The van der Waals surface area contributed by atoms with Gasteiger partial charge in [-0.25, -0.2) is 4.98 Å². The molecule has 0 spiro atoms. The summed E-state index contributed by atoms with van der Waals surface area (Å²) in [6.07, 6.45) is 5.73. The van der Waals surface area contributed by atoms with E-state index in [2.05, 4.69) is 181 Å². The molecule has 4 aromatic carbocycles. The number of aromatic nitrogens is 3. The monoisotopic (exact) mass is 933 g/mol. The van der Waals surface area contributed by atoms with E-state index in [-0.39, 0.29) is 37.3 Å². The van der Waals surface area contributed by atoms with E-state index in [1.807, 2.05) is 36.8 Å². The van der Waals surface area contributed by atoms with Crippen molar-refractivity contribution in [3.05, 3.63) is 145 Å². The first-order chi connectivity index (χ1) is 26.5. The number of hydrogen-bond acceptors (Lipinski definition) is 5. The average molecular weight is 934 g/mol. The predicted molar refractivity (Wildman–Crippen MR) is 232 cm³/mol. The molecule has 0 atom stereocenters. The van der Waals surface area contributed by atoms with Gasteiger partial charge in [-0.3, -0.25) is 4.98 Å². The van der Waals surface area contributed by atoms with Crippen LogP contribution >= 0.6 is 0 Å². The summed E-state index contributed by atoms with van der Waals surface area (Å²) in [5, 5.41) is 2.24. The molecule has 1 aliphatic heterocycles. The van der Waals surface area contributed by atoms with Crippen LogP contribution in [0, 0.1) is 18.8 Å². The van der Waals surface area contributed by atoms with E-state index in [0.717, 1.165) is 44.7 Å². The number of rotatable bonds is 6. The summed E-state index contributed by atoms with van der Waals surface area (Å²) in [5.74, 6) is 2.47. The molecule has 6 nitrogen and oxygen atoms in total. The Kier molecular flexibility index (Phi) is 10.4. The summed E-state index contributed by atoms with van der Waals surface area (Å²) in [5.41, 5.74) is 11.1. The van der Waals surface area contributed by atoms with Gasteiger partial charge in [0.1, 0.15) is 5.82 Å². The molecule has 0 saturated carbocycles. The minimum Gasteiger partial charge on any atom is -0.509 e. The normalized spacial score (nSPS) is 13.4. The van der Waals surface area contributed by atoms with Crippen LogP contribution in [0.4, 0.5) is 22.7 Å². The predicted octanol–water partition coefficient (Wildman–Crippen LogP) is 13.4. The van der Waals surface area contributed by atoms with Gasteiger partial charge in [-0.1, -0.05) is 112 Å². The molecule has 0 radical (unpaired) electrons. The van der Waals surface area contributed by atoms with Crippen LogP contribution in [0.5, 0.6) is 11.5 Å². The van der Waals surface area contributed by atoms with Gasteiger partial charge in [-0.15, -0.1) is 48.1 Å². The molecule has 0 N–H and O–H groups in total. The molecule has 1 aliphatic rings. The third-order valence-electron chi connectivity index (χ3n) is 10.8. The number of ether oxygens (including phenoxy) is 1. The van der Waals surface area contributed by atoms with Crippen molar-refractivity contribution in [1.29, 1.82) is 0 Å². The van der Waals surface area contributed by atoms with Gasteiger partial charge in [0.2, 0.25) is 0 Å². The number of anilines is 4. The molecule has 57 heavy (non-hydrogen) atoms. The van der Waals surface area contributed by atoms with Crippen LogP contribution in [-0.4, -0.2) is 14.5 Å². The number of nitrogens with zero attached hydrogens (tertiary/aromatic N) is 5. The topological polar surface area (TPSA) is 46.4 Å². The molecular formula is C50H52N5OPt-3. The number of benzene rings is 4. The van der Waals surface area contributed by atoms with E-state index in [1.54, 1.807) is 0 Å². The third-order valence-corrected chi connectivity index (χ3v) is 10.8. The first-order valence-electron chi connectivity index (χ1n) is 19.7. The van der Waals surface area contributed by atoms with Crippen molar-refractivity contribution < 1.29 is 25.8 Å². The molecule has 7 aromatic rings. The smallest absolute Gasteiger partial charge is 0.135 e. The molecule has 4 heterocycles. The van der Waals surface area contributed by atoms with E-state index in [1.165, 1.54) is 27.9 Å². The van der Waals surface area contributed by atoms with Gasteiger partial charge in [-0.05, 0) is 74.1 Å². The summed E-state index contributed by atoms with van der Waals surface area (Å²) in [4.78, 5) is 14.0. The number of fused-ring (bicyclic) bond motifs is 4. The Labute approximate surface area is 353 Å². The molecule has 0 aliphatic carbocycles. The van der Waals surface area contributed by atoms with E-state index >= 15 is 0 Å². The number of para-hydroxylation sites is 1. The number of hydrogen-bond donors (Lipinski definition) is 0. The summed E-state index contributed by atoms with van der Waals surface area (Å²) in [6.45, 7) is 27.3. The van der Waals surface area contributed by atoms with Gasteiger partial charge in [-0.2, -0.15) is 12.1 Å². The van der Waals surface area contributed by atoms with Gasteiger partial charge in [0.15, 0.2) is 0 Å². The summed E-state index contributed by atoms with van der Waals surface area (Å²) in [6, 6.07) is 37.0. The van der Waals surface area contributed by atoms with Crippen LogP contribution in [0.1, 0.15) is 104 Å². The second-order valence-electron chi connectivity index (χ2n) is 18.4. The SMILES string of the molecule is CC(C)c1cc(C(C)(C)C)c(N2[CH-]N(c3[c-]c(Oc4[c-]c5c(cc4)c4ccccc4n5-c4cc(C(C)(C)C)ccn4)ccc3)c3ccncc32)c(C(C)(C)C)c1.[Pt]. The summed E-state index contributed by atoms with van der Waals surface area (Å²) in [7, 11) is 0. The molecule has 0 unspecified atom stereocenters. The van der Waals surface area contributed by atoms with Crippen molar-refractivity contribution in [3.63, 3.8) is 0 Å². The fourth-order valence-corrected chi connectivity index (χ4v) is 7.70. The van der Waals surface area contributed by atoms with Crippen molar-refractivity contribution in [3.8, 4) is 17.3 Å². The maximum atomic E-state index is 6.60. The van der Waals surface area contributed by atoms with Crippen molar-refractivity contribution in [1.82, 2.24) is 14.5 Å². The quantitative estimate of drug-likeness (QED) is 0.156. The van der Waals surface area contributed by atoms with Crippen LogP contribution in [0.3, 0.4) is 0 Å². The van der Waals surface area contributed by atoms with E-state index in [4.69, 9.17) is 9.72 Å². The number of pyridine rings is 2. The van der Waals surface area contributed by atoms with Crippen LogP contribution in [0.15, 0.2) is 104 Å². The van der Waals surface area contributed by atoms with E-state index in [9.17, 15) is 0 Å². The minimum absolute atomic E-state index is 0. The van der Waals surface area contributed by atoms with Crippen molar-refractivity contribution in [2.45, 2.75) is 98.3 Å². The van der Waals surface area contributed by atoms with Gasteiger partial charge in [0.05, 0.1) is 11.9 Å². The van der Waals surface area contributed by atoms with Gasteiger partial charge in [0, 0.05) is 61.8 Å². The fraction of sp³-hybridized carbons (Fsp3) is 0.300. The Balaban J connectivity index is 0.00000496. The second kappa shape index (κ2) is 14.8. The van der Waals surface area contributed by atoms with Crippen molar-refractivity contribution in [2.24, 2.45) is 0 Å². The molecular weight excluding hydrogens is 882 g/mol. The van der Waals surface area contributed by atoms with Crippen LogP contribution < -0.4 is 14.5 Å². The van der Waals surface area contributed by atoms with E-state index < -0.39 is 0 Å². The molecule has 0 saturated heterocycles. The van der Waals surface area contributed by atoms with Crippen LogP contribution in [-0.2, 0) is 37.3 Å². The summed E-state index contributed by atoms with van der Waals surface area (Å²) >= 11 is 0. The molecule has 0 fully saturated rings. The Morgan fingerprint density at radius 2 is 1.37 bits per heavy atom. The Hall–Kier alpha value is -4.93. The molecule has 0 bridgehead atoms. The Morgan fingerprint density at radius 3 is 2.05 bits per heavy atom. The van der Waals surface area contributed by atoms with Crippen molar-refractivity contribution >= 4 is 44.6 Å². The first-order valence-corrected chi connectivity index (χ1v) is 19.7. The van der Waals surface area contributed by atoms with Crippen molar-refractivity contribution in [2.75, 3.05) is 9.80 Å². The zero-order valence-electron chi connectivity index (χ0n) is 34.9. The maximum absolute atomic E-state index is 6.60. The molecule has 296 valence electrons.